The SMILES string of the molecule is CCOC(=O)[C@@]12CC[C@@H]3CCC4=C[C@@H](O)[C@H]([C@@H](OC(C)=O)C1)C432. The first-order valence-corrected chi connectivity index (χ1v) is 8.71. The van der Waals surface area contributed by atoms with E-state index in [1.807, 2.05) is 13.0 Å². The molecule has 0 amide bonds. The molecule has 0 aliphatic heterocycles. The summed E-state index contributed by atoms with van der Waals surface area (Å²) in [6.07, 6.45) is 5.14. The van der Waals surface area contributed by atoms with E-state index in [1.165, 1.54) is 12.5 Å². The van der Waals surface area contributed by atoms with Crippen molar-refractivity contribution in [1.82, 2.24) is 0 Å². The third-order valence-electron chi connectivity index (χ3n) is 6.85. The molecular formula is C18H24O5. The van der Waals surface area contributed by atoms with Crippen LogP contribution in [0.3, 0.4) is 0 Å². The van der Waals surface area contributed by atoms with E-state index in [-0.39, 0.29) is 23.3 Å². The molecule has 3 saturated carbocycles. The van der Waals surface area contributed by atoms with Gasteiger partial charge in [0.05, 0.1) is 18.1 Å². The highest BCUT2D eigenvalue weighted by molar-refractivity contribution is 5.81. The number of aliphatic hydroxyl groups is 1. The summed E-state index contributed by atoms with van der Waals surface area (Å²) in [4.78, 5) is 24.5. The molecule has 126 valence electrons. The first kappa shape index (κ1) is 15.2. The standard InChI is InChI=1S/C18H24O5/c1-3-22-16(21)17-7-6-11-4-5-12-8-13(20)15(18(11,12)17)14(9-17)23-10(2)19/h8,11,13-15,20H,3-7,9H2,1-2H3/t11-,13+,14-,15+,17+,18?/m0/s1. The first-order chi connectivity index (χ1) is 11.0. The summed E-state index contributed by atoms with van der Waals surface area (Å²) in [5.41, 5.74) is 0.233. The third kappa shape index (κ3) is 1.61. The second-order valence-electron chi connectivity index (χ2n) is 7.51. The largest absolute Gasteiger partial charge is 0.466 e. The monoisotopic (exact) mass is 320 g/mol. The van der Waals surface area contributed by atoms with E-state index in [0.717, 1.165) is 25.7 Å². The van der Waals surface area contributed by atoms with Gasteiger partial charge < -0.3 is 14.6 Å². The van der Waals surface area contributed by atoms with Crippen LogP contribution in [0.25, 0.3) is 0 Å². The van der Waals surface area contributed by atoms with Gasteiger partial charge >= 0.3 is 11.9 Å². The molecule has 4 rings (SSSR count). The molecule has 3 fully saturated rings. The summed E-state index contributed by atoms with van der Waals surface area (Å²) in [6.45, 7) is 3.57. The summed E-state index contributed by atoms with van der Waals surface area (Å²) < 4.78 is 11.0. The second-order valence-corrected chi connectivity index (χ2v) is 7.51. The summed E-state index contributed by atoms with van der Waals surface area (Å²) in [5.74, 6) is -0.314. The Morgan fingerprint density at radius 2 is 2.17 bits per heavy atom. The van der Waals surface area contributed by atoms with Gasteiger partial charge in [-0.15, -0.1) is 0 Å². The number of hydrogen-bond acceptors (Lipinski definition) is 5. The number of carbonyl (C=O) groups is 2. The van der Waals surface area contributed by atoms with Gasteiger partial charge in [-0.3, -0.25) is 9.59 Å². The summed E-state index contributed by atoms with van der Waals surface area (Å²) in [5, 5.41) is 10.7. The normalized spacial score (nSPS) is 46.3. The Labute approximate surface area is 136 Å². The van der Waals surface area contributed by atoms with Gasteiger partial charge in [0.1, 0.15) is 6.10 Å². The number of ether oxygens (including phenoxy) is 2. The Bertz CT molecular complexity index is 596. The van der Waals surface area contributed by atoms with Crippen molar-refractivity contribution in [3.63, 3.8) is 0 Å². The summed E-state index contributed by atoms with van der Waals surface area (Å²) in [7, 11) is 0. The Balaban J connectivity index is 1.84. The predicted molar refractivity (Wildman–Crippen MR) is 81.2 cm³/mol. The Kier molecular flexibility index (Phi) is 3.18. The molecule has 0 aromatic rings. The molecule has 1 unspecified atom stereocenters. The number of allylic oxidation sites excluding steroid dienone is 1. The molecule has 0 aromatic carbocycles. The topological polar surface area (TPSA) is 72.8 Å². The van der Waals surface area contributed by atoms with Gasteiger partial charge in [0.15, 0.2) is 0 Å². The number of rotatable bonds is 3. The highest BCUT2D eigenvalue weighted by atomic mass is 16.5. The molecule has 0 aromatic heterocycles. The maximum atomic E-state index is 13.0. The zero-order valence-corrected chi connectivity index (χ0v) is 13.7. The van der Waals surface area contributed by atoms with E-state index >= 15 is 0 Å². The van der Waals surface area contributed by atoms with Gasteiger partial charge in [-0.25, -0.2) is 0 Å². The van der Waals surface area contributed by atoms with E-state index < -0.39 is 17.6 Å². The molecule has 1 spiro atoms. The van der Waals surface area contributed by atoms with Gasteiger partial charge in [-0.1, -0.05) is 11.6 Å². The molecule has 5 heteroatoms. The van der Waals surface area contributed by atoms with Gasteiger partial charge in [0, 0.05) is 24.7 Å². The van der Waals surface area contributed by atoms with Crippen LogP contribution in [0.1, 0.15) is 46.0 Å². The van der Waals surface area contributed by atoms with Crippen molar-refractivity contribution in [1.29, 1.82) is 0 Å². The van der Waals surface area contributed by atoms with Crippen molar-refractivity contribution >= 4 is 11.9 Å². The lowest BCUT2D eigenvalue weighted by molar-refractivity contribution is -0.161. The summed E-state index contributed by atoms with van der Waals surface area (Å²) in [6, 6.07) is 0. The maximum absolute atomic E-state index is 13.0. The number of carbonyl (C=O) groups excluding carboxylic acids is 2. The zero-order valence-electron chi connectivity index (χ0n) is 13.7. The average molecular weight is 320 g/mol. The highest BCUT2D eigenvalue weighted by Gasteiger charge is 2.79. The molecular weight excluding hydrogens is 296 g/mol. The van der Waals surface area contributed by atoms with E-state index in [1.54, 1.807) is 0 Å². The smallest absolute Gasteiger partial charge is 0.313 e. The average Bonchev–Trinajstić information content (AvgIpc) is 3.11. The van der Waals surface area contributed by atoms with Crippen LogP contribution < -0.4 is 0 Å². The van der Waals surface area contributed by atoms with Gasteiger partial charge in [-0.05, 0) is 38.5 Å². The van der Waals surface area contributed by atoms with Gasteiger partial charge in [-0.2, -0.15) is 0 Å². The fourth-order valence-electron chi connectivity index (χ4n) is 6.54. The molecule has 6 atom stereocenters. The molecule has 5 nitrogen and oxygen atoms in total. The zero-order chi connectivity index (χ0) is 16.4. The van der Waals surface area contributed by atoms with Crippen LogP contribution in [0, 0.1) is 22.7 Å². The van der Waals surface area contributed by atoms with Crippen molar-refractivity contribution in [2.24, 2.45) is 22.7 Å². The minimum Gasteiger partial charge on any atom is -0.466 e. The van der Waals surface area contributed by atoms with E-state index in [2.05, 4.69) is 0 Å². The molecule has 0 bridgehead atoms. The van der Waals surface area contributed by atoms with E-state index in [4.69, 9.17) is 9.47 Å². The highest BCUT2D eigenvalue weighted by Crippen LogP contribution is 2.78. The fourth-order valence-corrected chi connectivity index (χ4v) is 6.54. The van der Waals surface area contributed by atoms with E-state index in [9.17, 15) is 14.7 Å². The molecule has 0 radical (unpaired) electrons. The number of aliphatic hydroxyl groups excluding tert-OH is 1. The second kappa shape index (κ2) is 4.82. The lowest BCUT2D eigenvalue weighted by Crippen LogP contribution is -2.46. The van der Waals surface area contributed by atoms with Crippen molar-refractivity contribution in [2.45, 2.75) is 58.2 Å². The van der Waals surface area contributed by atoms with Crippen LogP contribution in [-0.2, 0) is 19.1 Å². The molecule has 4 aliphatic rings. The Morgan fingerprint density at radius 1 is 1.39 bits per heavy atom. The van der Waals surface area contributed by atoms with E-state index in [0.29, 0.717) is 18.9 Å². The van der Waals surface area contributed by atoms with Gasteiger partial charge in [0.2, 0.25) is 0 Å². The molecule has 23 heavy (non-hydrogen) atoms. The van der Waals surface area contributed by atoms with Crippen LogP contribution in [0.15, 0.2) is 11.6 Å². The maximum Gasteiger partial charge on any atom is 0.313 e. The lowest BCUT2D eigenvalue weighted by atomic mass is 9.61. The Hall–Kier alpha value is -1.36. The third-order valence-corrected chi connectivity index (χ3v) is 6.85. The number of hydrogen-bond donors (Lipinski definition) is 1. The first-order valence-electron chi connectivity index (χ1n) is 8.71. The van der Waals surface area contributed by atoms with Crippen molar-refractivity contribution < 1.29 is 24.2 Å². The molecule has 4 aliphatic carbocycles. The predicted octanol–water partition coefficient (Wildman–Crippen LogP) is 1.98. The molecule has 0 heterocycles. The lowest BCUT2D eigenvalue weighted by Gasteiger charge is -2.41. The van der Waals surface area contributed by atoms with Crippen molar-refractivity contribution in [3.05, 3.63) is 11.6 Å². The minimum absolute atomic E-state index is 0.163. The van der Waals surface area contributed by atoms with Crippen LogP contribution >= 0.6 is 0 Å². The van der Waals surface area contributed by atoms with Gasteiger partial charge in [0.25, 0.3) is 0 Å². The van der Waals surface area contributed by atoms with Crippen LogP contribution in [0.2, 0.25) is 0 Å². The fraction of sp³-hybridized carbons (Fsp3) is 0.778. The van der Waals surface area contributed by atoms with Crippen LogP contribution in [0.5, 0.6) is 0 Å². The minimum atomic E-state index is -0.633. The number of esters is 2. The molecule has 1 N–H and O–H groups in total. The molecule has 0 saturated heterocycles. The van der Waals surface area contributed by atoms with Crippen LogP contribution in [0.4, 0.5) is 0 Å². The van der Waals surface area contributed by atoms with Crippen molar-refractivity contribution in [2.75, 3.05) is 6.61 Å². The van der Waals surface area contributed by atoms with Crippen LogP contribution in [-0.4, -0.2) is 35.9 Å². The Morgan fingerprint density at radius 3 is 2.87 bits per heavy atom. The van der Waals surface area contributed by atoms with Crippen molar-refractivity contribution in [3.8, 4) is 0 Å². The quantitative estimate of drug-likeness (QED) is 0.636. The summed E-state index contributed by atoms with van der Waals surface area (Å²) >= 11 is 0.